The fourth-order valence-electron chi connectivity index (χ4n) is 7.10. The van der Waals surface area contributed by atoms with Gasteiger partial charge < -0.3 is 24.8 Å². The Hall–Kier alpha value is -2.58. The largest absolute Gasteiger partial charge is 0.377 e. The molecule has 5 atom stereocenters. The molecular weight excluding hydrogens is 623 g/mol. The van der Waals surface area contributed by atoms with Crippen molar-refractivity contribution in [3.05, 3.63) is 80.9 Å². The van der Waals surface area contributed by atoms with Gasteiger partial charge >= 0.3 is 0 Å². The number of carbonyl (C=O) groups is 1. The molecule has 0 spiro atoms. The van der Waals surface area contributed by atoms with E-state index in [1.54, 1.807) is 6.07 Å². The van der Waals surface area contributed by atoms with Crippen molar-refractivity contribution < 1.29 is 27.8 Å². The molecule has 5 rings (SSSR count). The predicted octanol–water partition coefficient (Wildman–Crippen LogP) is 6.58. The van der Waals surface area contributed by atoms with Gasteiger partial charge in [-0.05, 0) is 62.3 Å². The first-order chi connectivity index (χ1) is 21.3. The third kappa shape index (κ3) is 6.78. The number of rotatable bonds is 9. The Morgan fingerprint density at radius 2 is 2.00 bits per heavy atom. The van der Waals surface area contributed by atoms with Gasteiger partial charge in [0.1, 0.15) is 17.0 Å². The van der Waals surface area contributed by atoms with Crippen LogP contribution in [-0.2, 0) is 24.4 Å². The van der Waals surface area contributed by atoms with Crippen LogP contribution in [0.5, 0.6) is 0 Å². The summed E-state index contributed by atoms with van der Waals surface area (Å²) in [5.41, 5.74) is -0.980. The first-order valence-electron chi connectivity index (χ1n) is 15.2. The second-order valence-electron chi connectivity index (χ2n) is 13.1. The number of halogens is 4. The lowest BCUT2D eigenvalue weighted by molar-refractivity contribution is -0.138. The van der Waals surface area contributed by atoms with Crippen LogP contribution in [0.3, 0.4) is 0 Å². The molecule has 3 heterocycles. The first kappa shape index (κ1) is 33.8. The number of benzene rings is 2. The first-order valence-corrected chi connectivity index (χ1v) is 16.0. The fourth-order valence-corrected chi connectivity index (χ4v) is 7.44. The molecule has 2 saturated heterocycles. The Morgan fingerprint density at radius 1 is 1.22 bits per heavy atom. The van der Waals surface area contributed by atoms with Crippen LogP contribution in [0.4, 0.5) is 8.78 Å². The maximum Gasteiger partial charge on any atom is 0.237 e. The van der Waals surface area contributed by atoms with Gasteiger partial charge in [0, 0.05) is 29.1 Å². The molecule has 1 amide bonds. The molecule has 0 aromatic heterocycles. The Balaban J connectivity index is 1.59. The Bertz CT molecular complexity index is 1510. The Kier molecular flexibility index (Phi) is 9.96. The van der Waals surface area contributed by atoms with E-state index in [0.717, 1.165) is 11.6 Å². The topological polar surface area (TPSA) is 92.6 Å². The van der Waals surface area contributed by atoms with Gasteiger partial charge in [0.2, 0.25) is 5.91 Å². The minimum atomic E-state index is -1.72. The van der Waals surface area contributed by atoms with E-state index >= 15 is 8.78 Å². The lowest BCUT2D eigenvalue weighted by Gasteiger charge is -2.39. The standard InChI is InChI=1S/C34H39Cl2F2N3O4/c1-32(2,20-11-14-43-15-12-20)17-27-34(19-39,24-9-8-21(35)16-26(24)37)28(23-6-5-7-25(36)29(23)38)30(41-27)31(42)40-13-10-22-18-44-33(3,4)45-22/h5-9,11,16,22,27-28,30,41H,10,12-15,17-18H2,1-4H3,(H,40,42)/t22-,27?,28?,30?,34?/m0/s1. The van der Waals surface area contributed by atoms with Crippen LogP contribution in [0.25, 0.3) is 0 Å². The number of ether oxygens (including phenoxy) is 3. The fraction of sp³-hybridized carbons (Fsp3) is 0.529. The molecule has 2 N–H and O–H groups in total. The molecule has 45 heavy (non-hydrogen) atoms. The van der Waals surface area contributed by atoms with Crippen molar-refractivity contribution in [1.29, 1.82) is 5.26 Å². The summed E-state index contributed by atoms with van der Waals surface area (Å²) in [6.07, 6.45) is 3.36. The number of nitrogens with one attached hydrogen (secondary N) is 2. The van der Waals surface area contributed by atoms with Crippen molar-refractivity contribution in [3.8, 4) is 6.07 Å². The van der Waals surface area contributed by atoms with Gasteiger partial charge in [-0.25, -0.2) is 8.78 Å². The molecule has 0 aliphatic carbocycles. The molecule has 11 heteroatoms. The van der Waals surface area contributed by atoms with Crippen LogP contribution >= 0.6 is 23.2 Å². The van der Waals surface area contributed by atoms with Gasteiger partial charge in [0.05, 0.1) is 43.1 Å². The van der Waals surface area contributed by atoms with Crippen molar-refractivity contribution in [2.45, 2.75) is 82.3 Å². The Labute approximate surface area is 273 Å². The predicted molar refractivity (Wildman–Crippen MR) is 168 cm³/mol. The van der Waals surface area contributed by atoms with Crippen molar-refractivity contribution in [2.24, 2.45) is 5.41 Å². The van der Waals surface area contributed by atoms with Crippen molar-refractivity contribution >= 4 is 29.1 Å². The smallest absolute Gasteiger partial charge is 0.237 e. The molecule has 3 aliphatic rings. The molecule has 7 nitrogen and oxygen atoms in total. The highest BCUT2D eigenvalue weighted by atomic mass is 35.5. The number of amides is 1. The zero-order chi connectivity index (χ0) is 32.6. The molecular formula is C34H39Cl2F2N3O4. The van der Waals surface area contributed by atoms with Crippen molar-refractivity contribution in [1.82, 2.24) is 10.6 Å². The molecule has 0 bridgehead atoms. The van der Waals surface area contributed by atoms with Crippen molar-refractivity contribution in [3.63, 3.8) is 0 Å². The number of nitriles is 1. The third-order valence-corrected chi connectivity index (χ3v) is 9.82. The summed E-state index contributed by atoms with van der Waals surface area (Å²) < 4.78 is 49.0. The van der Waals surface area contributed by atoms with Gasteiger partial charge in [-0.2, -0.15) is 5.26 Å². The maximum absolute atomic E-state index is 16.0. The molecule has 242 valence electrons. The monoisotopic (exact) mass is 661 g/mol. The molecule has 4 unspecified atom stereocenters. The number of carbonyl (C=O) groups excluding carboxylic acids is 1. The van der Waals surface area contributed by atoms with Crippen LogP contribution in [0.2, 0.25) is 10.0 Å². The Morgan fingerprint density at radius 3 is 2.64 bits per heavy atom. The normalized spacial score (nSPS) is 28.0. The van der Waals surface area contributed by atoms with E-state index in [1.165, 1.54) is 24.3 Å². The summed E-state index contributed by atoms with van der Waals surface area (Å²) >= 11 is 12.4. The summed E-state index contributed by atoms with van der Waals surface area (Å²) in [6.45, 7) is 9.45. The average molecular weight is 663 g/mol. The van der Waals surface area contributed by atoms with Gasteiger partial charge in [0.15, 0.2) is 5.79 Å². The van der Waals surface area contributed by atoms with E-state index in [4.69, 9.17) is 37.4 Å². The number of hydrogen-bond donors (Lipinski definition) is 2. The van der Waals surface area contributed by atoms with Crippen molar-refractivity contribution in [2.75, 3.05) is 26.4 Å². The average Bonchev–Trinajstić information content (AvgIpc) is 3.51. The molecule has 2 fully saturated rings. The molecule has 0 radical (unpaired) electrons. The quantitative estimate of drug-likeness (QED) is 0.295. The van der Waals surface area contributed by atoms with Gasteiger partial charge in [0.25, 0.3) is 0 Å². The molecule has 3 aliphatic heterocycles. The summed E-state index contributed by atoms with van der Waals surface area (Å²) in [6, 6.07) is 9.12. The van der Waals surface area contributed by atoms with E-state index < -0.39 is 52.2 Å². The number of hydrogen-bond acceptors (Lipinski definition) is 6. The van der Waals surface area contributed by atoms with Crippen LogP contribution in [-0.4, -0.2) is 56.2 Å². The minimum absolute atomic E-state index is 0.0297. The van der Waals surface area contributed by atoms with Crippen LogP contribution in [0, 0.1) is 28.4 Å². The zero-order valence-electron chi connectivity index (χ0n) is 25.9. The third-order valence-electron chi connectivity index (χ3n) is 9.29. The van der Waals surface area contributed by atoms with Crippen LogP contribution < -0.4 is 10.6 Å². The summed E-state index contributed by atoms with van der Waals surface area (Å²) in [4.78, 5) is 14.1. The zero-order valence-corrected chi connectivity index (χ0v) is 27.4. The van der Waals surface area contributed by atoms with Gasteiger partial charge in [-0.15, -0.1) is 0 Å². The molecule has 0 saturated carbocycles. The van der Waals surface area contributed by atoms with E-state index in [0.29, 0.717) is 39.1 Å². The van der Waals surface area contributed by atoms with Gasteiger partial charge in [-0.1, -0.05) is 66.9 Å². The van der Waals surface area contributed by atoms with Crippen LogP contribution in [0.15, 0.2) is 48.0 Å². The highest BCUT2D eigenvalue weighted by Crippen LogP contribution is 2.53. The summed E-state index contributed by atoms with van der Waals surface area (Å²) in [5, 5.41) is 17.5. The minimum Gasteiger partial charge on any atom is -0.377 e. The van der Waals surface area contributed by atoms with E-state index in [1.807, 2.05) is 19.9 Å². The highest BCUT2D eigenvalue weighted by Gasteiger charge is 2.61. The van der Waals surface area contributed by atoms with E-state index in [9.17, 15) is 10.1 Å². The van der Waals surface area contributed by atoms with Crippen LogP contribution in [0.1, 0.15) is 64.0 Å². The second-order valence-corrected chi connectivity index (χ2v) is 13.9. The summed E-state index contributed by atoms with van der Waals surface area (Å²) in [7, 11) is 0. The van der Waals surface area contributed by atoms with E-state index in [2.05, 4.69) is 30.6 Å². The van der Waals surface area contributed by atoms with Gasteiger partial charge in [-0.3, -0.25) is 4.79 Å². The molecule has 2 aromatic rings. The van der Waals surface area contributed by atoms with E-state index in [-0.39, 0.29) is 33.8 Å². The second kappa shape index (κ2) is 13.3. The lowest BCUT2D eigenvalue weighted by atomic mass is 9.61. The highest BCUT2D eigenvalue weighted by molar-refractivity contribution is 6.31. The summed E-state index contributed by atoms with van der Waals surface area (Å²) in [5.74, 6) is -3.77. The SMILES string of the molecule is CC1(C)OC[C@H](CCNC(=O)C2NC(CC(C)(C)C3=CCOCC3)C(C#N)(c3ccc(Cl)cc3F)C2c2cccc(Cl)c2F)O1. The lowest BCUT2D eigenvalue weighted by Crippen LogP contribution is -2.46. The number of nitrogens with zero attached hydrogens (tertiary/aromatic N) is 1. The maximum atomic E-state index is 16.0. The molecule has 2 aromatic carbocycles.